The van der Waals surface area contributed by atoms with Crippen LogP contribution in [0, 0.1) is 0 Å². The molecule has 1 fully saturated rings. The molecule has 1 amide bonds. The van der Waals surface area contributed by atoms with E-state index in [0.717, 1.165) is 5.56 Å². The van der Waals surface area contributed by atoms with Crippen LogP contribution in [0.1, 0.15) is 36.9 Å². The summed E-state index contributed by atoms with van der Waals surface area (Å²) in [6, 6.07) is 8.71. The van der Waals surface area contributed by atoms with Crippen LogP contribution in [-0.4, -0.2) is 23.9 Å². The lowest BCUT2D eigenvalue weighted by Crippen LogP contribution is -2.23. The fraction of sp³-hybridized carbons (Fsp3) is 0.500. The number of amides is 1. The molecule has 0 radical (unpaired) electrons. The Kier molecular flexibility index (Phi) is 3.79. The molecule has 92 valence electrons. The zero-order valence-electron chi connectivity index (χ0n) is 10.4. The number of carbonyl (C=O) groups excluding carboxylic acids is 1. The highest BCUT2D eigenvalue weighted by molar-refractivity contribution is 5.76. The Labute approximate surface area is 103 Å². The van der Waals surface area contributed by atoms with Gasteiger partial charge in [-0.15, -0.1) is 0 Å². The van der Waals surface area contributed by atoms with Gasteiger partial charge in [-0.1, -0.05) is 24.3 Å². The van der Waals surface area contributed by atoms with Crippen LogP contribution in [0.4, 0.5) is 0 Å². The van der Waals surface area contributed by atoms with Crippen LogP contribution >= 0.6 is 0 Å². The predicted molar refractivity (Wildman–Crippen MR) is 68.6 cm³/mol. The summed E-state index contributed by atoms with van der Waals surface area (Å²) in [7, 11) is 0. The number of hydrogen-bond acceptors (Lipinski definition) is 2. The third-order valence-corrected chi connectivity index (χ3v) is 3.53. The average molecular weight is 232 g/mol. The summed E-state index contributed by atoms with van der Waals surface area (Å²) in [6.45, 7) is 4.64. The minimum atomic E-state index is -0.273. The van der Waals surface area contributed by atoms with Crippen LogP contribution in [0.3, 0.4) is 0 Å². The number of benzene rings is 1. The summed E-state index contributed by atoms with van der Waals surface area (Å²) >= 11 is 0. The van der Waals surface area contributed by atoms with Crippen molar-refractivity contribution in [3.8, 4) is 0 Å². The molecule has 1 atom stereocenters. The van der Waals surface area contributed by atoms with Crippen molar-refractivity contribution in [3.05, 3.63) is 35.4 Å². The molecule has 1 saturated heterocycles. The first-order chi connectivity index (χ1) is 8.16. The van der Waals surface area contributed by atoms with Crippen molar-refractivity contribution < 1.29 is 4.79 Å². The van der Waals surface area contributed by atoms with Crippen LogP contribution in [0.2, 0.25) is 0 Å². The van der Waals surface area contributed by atoms with Gasteiger partial charge in [0.15, 0.2) is 0 Å². The molecule has 0 aliphatic carbocycles. The molecule has 0 bridgehead atoms. The van der Waals surface area contributed by atoms with E-state index in [9.17, 15) is 4.79 Å². The number of hydrogen-bond donors (Lipinski definition) is 1. The lowest BCUT2D eigenvalue weighted by molar-refractivity contribution is -0.117. The van der Waals surface area contributed by atoms with E-state index in [1.807, 2.05) is 12.1 Å². The monoisotopic (exact) mass is 232 g/mol. The quantitative estimate of drug-likeness (QED) is 0.861. The topological polar surface area (TPSA) is 46.3 Å². The molecule has 17 heavy (non-hydrogen) atoms. The van der Waals surface area contributed by atoms with Gasteiger partial charge in [0.1, 0.15) is 0 Å². The van der Waals surface area contributed by atoms with Crippen molar-refractivity contribution in [1.82, 2.24) is 4.90 Å². The van der Waals surface area contributed by atoms with Gasteiger partial charge < -0.3 is 5.73 Å². The van der Waals surface area contributed by atoms with E-state index >= 15 is 0 Å². The van der Waals surface area contributed by atoms with Crippen LogP contribution < -0.4 is 5.73 Å². The van der Waals surface area contributed by atoms with Gasteiger partial charge in [-0.25, -0.2) is 0 Å². The van der Waals surface area contributed by atoms with Crippen molar-refractivity contribution in [1.29, 1.82) is 0 Å². The first kappa shape index (κ1) is 12.1. The molecule has 1 aliphatic heterocycles. The van der Waals surface area contributed by atoms with Gasteiger partial charge in [-0.3, -0.25) is 9.69 Å². The highest BCUT2D eigenvalue weighted by atomic mass is 16.1. The Morgan fingerprint density at radius 3 is 2.41 bits per heavy atom. The highest BCUT2D eigenvalue weighted by Crippen LogP contribution is 2.24. The van der Waals surface area contributed by atoms with Crippen molar-refractivity contribution in [2.24, 2.45) is 5.73 Å². The molecule has 2 N–H and O–H groups in total. The average Bonchev–Trinajstić information content (AvgIpc) is 2.82. The van der Waals surface area contributed by atoms with E-state index in [0.29, 0.717) is 12.5 Å². The third-order valence-electron chi connectivity index (χ3n) is 3.53. The van der Waals surface area contributed by atoms with E-state index in [2.05, 4.69) is 24.0 Å². The minimum absolute atomic E-state index is 0.273. The van der Waals surface area contributed by atoms with Crippen molar-refractivity contribution in [2.45, 2.75) is 32.2 Å². The molecule has 1 aliphatic rings. The van der Waals surface area contributed by atoms with Crippen LogP contribution in [0.15, 0.2) is 24.3 Å². The van der Waals surface area contributed by atoms with Gasteiger partial charge in [-0.05, 0) is 44.0 Å². The smallest absolute Gasteiger partial charge is 0.221 e. The maximum absolute atomic E-state index is 10.8. The second-order valence-corrected chi connectivity index (χ2v) is 4.80. The molecule has 0 aromatic heterocycles. The van der Waals surface area contributed by atoms with Gasteiger partial charge >= 0.3 is 0 Å². The number of rotatable bonds is 4. The molecule has 1 aromatic carbocycles. The Bertz CT molecular complexity index is 380. The fourth-order valence-corrected chi connectivity index (χ4v) is 2.45. The van der Waals surface area contributed by atoms with E-state index in [1.54, 1.807) is 0 Å². The molecular weight excluding hydrogens is 212 g/mol. The maximum atomic E-state index is 10.8. The van der Waals surface area contributed by atoms with E-state index in [-0.39, 0.29) is 5.91 Å². The van der Waals surface area contributed by atoms with Crippen LogP contribution in [0.25, 0.3) is 0 Å². The zero-order chi connectivity index (χ0) is 12.3. The molecule has 0 saturated carbocycles. The molecule has 3 heteroatoms. The summed E-state index contributed by atoms with van der Waals surface area (Å²) in [4.78, 5) is 13.3. The summed E-state index contributed by atoms with van der Waals surface area (Å²) in [6.07, 6.45) is 2.95. The number of nitrogens with two attached hydrogens (primary N) is 1. The van der Waals surface area contributed by atoms with E-state index < -0.39 is 0 Å². The molecule has 1 unspecified atom stereocenters. The number of carbonyl (C=O) groups is 1. The lowest BCUT2D eigenvalue weighted by Gasteiger charge is -2.24. The molecule has 3 nitrogen and oxygen atoms in total. The summed E-state index contributed by atoms with van der Waals surface area (Å²) < 4.78 is 0. The van der Waals surface area contributed by atoms with Gasteiger partial charge in [-0.2, -0.15) is 0 Å². The second-order valence-electron chi connectivity index (χ2n) is 4.80. The van der Waals surface area contributed by atoms with Crippen molar-refractivity contribution >= 4 is 5.91 Å². The predicted octanol–water partition coefficient (Wildman–Crippen LogP) is 1.87. The van der Waals surface area contributed by atoms with Crippen LogP contribution in [0.5, 0.6) is 0 Å². The Morgan fingerprint density at radius 2 is 1.88 bits per heavy atom. The molecule has 1 aromatic rings. The first-order valence-corrected chi connectivity index (χ1v) is 6.28. The second kappa shape index (κ2) is 5.32. The van der Waals surface area contributed by atoms with E-state index in [4.69, 9.17) is 5.73 Å². The fourth-order valence-electron chi connectivity index (χ4n) is 2.45. The van der Waals surface area contributed by atoms with Gasteiger partial charge in [0, 0.05) is 6.04 Å². The van der Waals surface area contributed by atoms with E-state index in [1.165, 1.54) is 31.5 Å². The normalized spacial score (nSPS) is 18.2. The van der Waals surface area contributed by atoms with Crippen molar-refractivity contribution in [3.63, 3.8) is 0 Å². The summed E-state index contributed by atoms with van der Waals surface area (Å²) in [5.74, 6) is -0.273. The maximum Gasteiger partial charge on any atom is 0.221 e. The van der Waals surface area contributed by atoms with Crippen molar-refractivity contribution in [2.75, 3.05) is 13.1 Å². The molecule has 1 heterocycles. The third kappa shape index (κ3) is 3.07. The molecular formula is C14H20N2O. The van der Waals surface area contributed by atoms with Crippen LogP contribution in [-0.2, 0) is 11.2 Å². The Balaban J connectivity index is 2.03. The standard InChI is InChI=1S/C14H20N2O/c1-11(16-8-2-3-9-16)13-6-4-12(5-7-13)10-14(15)17/h4-7,11H,2-3,8-10H2,1H3,(H2,15,17). The summed E-state index contributed by atoms with van der Waals surface area (Å²) in [5, 5.41) is 0. The van der Waals surface area contributed by atoms with Gasteiger partial charge in [0.2, 0.25) is 5.91 Å². The van der Waals surface area contributed by atoms with Gasteiger partial charge in [0.05, 0.1) is 6.42 Å². The molecule has 2 rings (SSSR count). The molecule has 0 spiro atoms. The Hall–Kier alpha value is -1.35. The van der Waals surface area contributed by atoms with Gasteiger partial charge in [0.25, 0.3) is 0 Å². The minimum Gasteiger partial charge on any atom is -0.369 e. The number of nitrogens with zero attached hydrogens (tertiary/aromatic N) is 1. The number of likely N-dealkylation sites (tertiary alicyclic amines) is 1. The SMILES string of the molecule is CC(c1ccc(CC(N)=O)cc1)N1CCCC1. The first-order valence-electron chi connectivity index (χ1n) is 6.28. The zero-order valence-corrected chi connectivity index (χ0v) is 10.4. The largest absolute Gasteiger partial charge is 0.369 e. The highest BCUT2D eigenvalue weighted by Gasteiger charge is 2.19. The lowest BCUT2D eigenvalue weighted by atomic mass is 10.0. The number of primary amides is 1. The summed E-state index contributed by atoms with van der Waals surface area (Å²) in [5.41, 5.74) is 7.49. The Morgan fingerprint density at radius 1 is 1.29 bits per heavy atom.